The molecule has 4 heteroatoms. The summed E-state index contributed by atoms with van der Waals surface area (Å²) in [5.41, 5.74) is 9.19. The van der Waals surface area contributed by atoms with Crippen molar-refractivity contribution in [3.8, 4) is 5.75 Å². The van der Waals surface area contributed by atoms with E-state index < -0.39 is 0 Å². The summed E-state index contributed by atoms with van der Waals surface area (Å²) in [7, 11) is 0. The van der Waals surface area contributed by atoms with Crippen molar-refractivity contribution < 1.29 is 5.11 Å². The molecule has 2 rings (SSSR count). The molecule has 0 aliphatic carbocycles. The number of anilines is 1. The summed E-state index contributed by atoms with van der Waals surface area (Å²) in [5.74, 6) is 0.152. The highest BCUT2D eigenvalue weighted by Crippen LogP contribution is 2.33. The molecule has 0 spiro atoms. The van der Waals surface area contributed by atoms with Crippen molar-refractivity contribution in [1.82, 2.24) is 0 Å². The summed E-state index contributed by atoms with van der Waals surface area (Å²) in [4.78, 5) is 0. The van der Waals surface area contributed by atoms with E-state index in [1.54, 1.807) is 18.2 Å². The number of hydrogen-bond acceptors (Lipinski definition) is 4. The minimum atomic E-state index is 0.152. The third-order valence-corrected chi connectivity index (χ3v) is 2.63. The molecule has 92 valence electrons. The zero-order chi connectivity index (χ0) is 13.1. The standard InChI is InChI=1S/C14H15N3O/c1-9-7-10(2)14(18)13(8-9)17-16-12-6-4-3-5-11(12)15/h3-8,18H,15H2,1-2H3. The van der Waals surface area contributed by atoms with Crippen molar-refractivity contribution in [1.29, 1.82) is 0 Å². The first kappa shape index (κ1) is 12.1. The number of rotatable bonds is 2. The Bertz CT molecular complexity index is 606. The van der Waals surface area contributed by atoms with Crippen molar-refractivity contribution in [3.63, 3.8) is 0 Å². The van der Waals surface area contributed by atoms with Gasteiger partial charge in [0.25, 0.3) is 0 Å². The Kier molecular flexibility index (Phi) is 3.28. The quantitative estimate of drug-likeness (QED) is 0.616. The molecule has 18 heavy (non-hydrogen) atoms. The Labute approximate surface area is 106 Å². The summed E-state index contributed by atoms with van der Waals surface area (Å²) in [6.07, 6.45) is 0. The Balaban J connectivity index is 2.38. The smallest absolute Gasteiger partial charge is 0.146 e. The van der Waals surface area contributed by atoms with Gasteiger partial charge in [-0.25, -0.2) is 0 Å². The lowest BCUT2D eigenvalue weighted by Crippen LogP contribution is -1.83. The highest BCUT2D eigenvalue weighted by molar-refractivity contribution is 5.62. The minimum absolute atomic E-state index is 0.152. The van der Waals surface area contributed by atoms with E-state index >= 15 is 0 Å². The van der Waals surface area contributed by atoms with Crippen molar-refractivity contribution in [2.75, 3.05) is 5.73 Å². The Morgan fingerprint density at radius 2 is 1.67 bits per heavy atom. The van der Waals surface area contributed by atoms with Crippen LogP contribution in [0.4, 0.5) is 17.1 Å². The Morgan fingerprint density at radius 3 is 2.39 bits per heavy atom. The van der Waals surface area contributed by atoms with Crippen LogP contribution < -0.4 is 5.73 Å². The number of phenolic OH excluding ortho intramolecular Hbond substituents is 1. The number of benzene rings is 2. The fourth-order valence-corrected chi connectivity index (χ4v) is 1.70. The first-order valence-corrected chi connectivity index (χ1v) is 5.64. The normalized spacial score (nSPS) is 11.0. The number of hydrogen-bond donors (Lipinski definition) is 2. The third kappa shape index (κ3) is 2.48. The lowest BCUT2D eigenvalue weighted by atomic mass is 10.1. The van der Waals surface area contributed by atoms with Gasteiger partial charge in [-0.1, -0.05) is 18.2 Å². The fraction of sp³-hybridized carbons (Fsp3) is 0.143. The molecule has 2 aromatic rings. The van der Waals surface area contributed by atoms with Gasteiger partial charge < -0.3 is 10.8 Å². The molecular formula is C14H15N3O. The van der Waals surface area contributed by atoms with Gasteiger partial charge in [-0.2, -0.15) is 0 Å². The summed E-state index contributed by atoms with van der Waals surface area (Å²) in [6, 6.07) is 10.9. The van der Waals surface area contributed by atoms with E-state index in [0.717, 1.165) is 11.1 Å². The highest BCUT2D eigenvalue weighted by Gasteiger charge is 2.04. The van der Waals surface area contributed by atoms with E-state index in [-0.39, 0.29) is 5.75 Å². The topological polar surface area (TPSA) is 71.0 Å². The molecule has 3 N–H and O–H groups in total. The molecule has 2 aromatic carbocycles. The van der Waals surface area contributed by atoms with Gasteiger partial charge in [0.15, 0.2) is 0 Å². The zero-order valence-electron chi connectivity index (χ0n) is 10.4. The van der Waals surface area contributed by atoms with Crippen LogP contribution in [0.3, 0.4) is 0 Å². The highest BCUT2D eigenvalue weighted by atomic mass is 16.3. The van der Waals surface area contributed by atoms with Crippen LogP contribution in [0.15, 0.2) is 46.6 Å². The van der Waals surface area contributed by atoms with Gasteiger partial charge in [0.2, 0.25) is 0 Å². The molecule has 0 saturated carbocycles. The van der Waals surface area contributed by atoms with Gasteiger partial charge in [-0.3, -0.25) is 0 Å². The van der Waals surface area contributed by atoms with Crippen molar-refractivity contribution in [2.24, 2.45) is 10.2 Å². The monoisotopic (exact) mass is 241 g/mol. The summed E-state index contributed by atoms with van der Waals surface area (Å²) < 4.78 is 0. The van der Waals surface area contributed by atoms with E-state index in [0.29, 0.717) is 17.1 Å². The molecule has 0 unspecified atom stereocenters. The number of nitrogens with zero attached hydrogens (tertiary/aromatic N) is 2. The predicted octanol–water partition coefficient (Wildman–Crippen LogP) is 4.01. The number of para-hydroxylation sites is 1. The number of phenols is 1. The molecule has 0 radical (unpaired) electrons. The summed E-state index contributed by atoms with van der Waals surface area (Å²) in [5, 5.41) is 18.0. The van der Waals surface area contributed by atoms with E-state index in [4.69, 9.17) is 5.73 Å². The SMILES string of the molecule is Cc1cc(C)c(O)c(N=Nc2ccccc2N)c1. The van der Waals surface area contributed by atoms with Gasteiger partial charge >= 0.3 is 0 Å². The van der Waals surface area contributed by atoms with Crippen LogP contribution in [0, 0.1) is 13.8 Å². The second kappa shape index (κ2) is 4.87. The minimum Gasteiger partial charge on any atom is -0.505 e. The number of nitrogen functional groups attached to an aromatic ring is 1. The van der Waals surface area contributed by atoms with Crippen LogP contribution in [0.2, 0.25) is 0 Å². The summed E-state index contributed by atoms with van der Waals surface area (Å²) in [6.45, 7) is 3.78. The number of azo groups is 1. The molecule has 0 fully saturated rings. The molecule has 4 nitrogen and oxygen atoms in total. The third-order valence-electron chi connectivity index (χ3n) is 2.63. The molecule has 0 atom stereocenters. The van der Waals surface area contributed by atoms with Crippen LogP contribution >= 0.6 is 0 Å². The zero-order valence-corrected chi connectivity index (χ0v) is 10.4. The van der Waals surface area contributed by atoms with Crippen molar-refractivity contribution in [3.05, 3.63) is 47.5 Å². The largest absolute Gasteiger partial charge is 0.505 e. The predicted molar refractivity (Wildman–Crippen MR) is 72.6 cm³/mol. The maximum Gasteiger partial charge on any atom is 0.146 e. The maximum atomic E-state index is 9.88. The summed E-state index contributed by atoms with van der Waals surface area (Å²) >= 11 is 0. The van der Waals surface area contributed by atoms with Gasteiger partial charge in [0.1, 0.15) is 17.1 Å². The Hall–Kier alpha value is -2.36. The molecule has 0 aliphatic heterocycles. The number of nitrogens with two attached hydrogens (primary N) is 1. The Morgan fingerprint density at radius 1 is 1.00 bits per heavy atom. The average molecular weight is 241 g/mol. The van der Waals surface area contributed by atoms with E-state index in [1.165, 1.54) is 0 Å². The van der Waals surface area contributed by atoms with E-state index in [2.05, 4.69) is 10.2 Å². The average Bonchev–Trinajstić information content (AvgIpc) is 2.33. The number of aryl methyl sites for hydroxylation is 2. The van der Waals surface area contributed by atoms with Crippen LogP contribution in [0.25, 0.3) is 0 Å². The molecule has 0 heterocycles. The van der Waals surface area contributed by atoms with E-state index in [9.17, 15) is 5.11 Å². The second-order valence-corrected chi connectivity index (χ2v) is 4.21. The van der Waals surface area contributed by atoms with Crippen LogP contribution in [0.1, 0.15) is 11.1 Å². The fourth-order valence-electron chi connectivity index (χ4n) is 1.70. The molecule has 0 bridgehead atoms. The molecular weight excluding hydrogens is 226 g/mol. The molecule has 0 aliphatic rings. The number of aromatic hydroxyl groups is 1. The maximum absolute atomic E-state index is 9.88. The van der Waals surface area contributed by atoms with Crippen LogP contribution in [-0.2, 0) is 0 Å². The van der Waals surface area contributed by atoms with E-state index in [1.807, 2.05) is 32.0 Å². The molecule has 0 amide bonds. The van der Waals surface area contributed by atoms with Gasteiger partial charge in [-0.05, 0) is 43.2 Å². The first-order valence-electron chi connectivity index (χ1n) is 5.64. The van der Waals surface area contributed by atoms with Crippen molar-refractivity contribution >= 4 is 17.1 Å². The second-order valence-electron chi connectivity index (χ2n) is 4.21. The lowest BCUT2D eigenvalue weighted by molar-refractivity contribution is 0.472. The van der Waals surface area contributed by atoms with Crippen molar-refractivity contribution in [2.45, 2.75) is 13.8 Å². The molecule has 0 aromatic heterocycles. The first-order chi connectivity index (χ1) is 8.58. The lowest BCUT2D eigenvalue weighted by Gasteiger charge is -2.04. The molecule has 0 saturated heterocycles. The van der Waals surface area contributed by atoms with Gasteiger partial charge in [0.05, 0.1) is 5.69 Å². The van der Waals surface area contributed by atoms with Gasteiger partial charge in [0, 0.05) is 0 Å². The van der Waals surface area contributed by atoms with Crippen LogP contribution in [-0.4, -0.2) is 5.11 Å². The van der Waals surface area contributed by atoms with Gasteiger partial charge in [-0.15, -0.1) is 10.2 Å². The van der Waals surface area contributed by atoms with Crippen LogP contribution in [0.5, 0.6) is 5.75 Å².